The van der Waals surface area contributed by atoms with Gasteiger partial charge in [0.05, 0.1) is 17.6 Å². The van der Waals surface area contributed by atoms with Crippen LogP contribution >= 0.6 is 0 Å². The molecule has 1 heterocycles. The highest BCUT2D eigenvalue weighted by Gasteiger charge is 2.19. The molecule has 0 aliphatic carbocycles. The molecule has 4 nitrogen and oxygen atoms in total. The van der Waals surface area contributed by atoms with Gasteiger partial charge in [-0.05, 0) is 37.2 Å². The van der Waals surface area contributed by atoms with E-state index >= 15 is 0 Å². The van der Waals surface area contributed by atoms with Crippen LogP contribution in [0, 0.1) is 5.82 Å². The van der Waals surface area contributed by atoms with Crippen LogP contribution in [0.25, 0.3) is 11.3 Å². The van der Waals surface area contributed by atoms with E-state index in [2.05, 4.69) is 31.1 Å². The summed E-state index contributed by atoms with van der Waals surface area (Å²) in [4.78, 5) is 9.15. The predicted octanol–water partition coefficient (Wildman–Crippen LogP) is 3.34. The van der Waals surface area contributed by atoms with Gasteiger partial charge in [-0.1, -0.05) is 20.8 Å². The summed E-state index contributed by atoms with van der Waals surface area (Å²) in [6.07, 6.45) is 2.66. The molecule has 22 heavy (non-hydrogen) atoms. The van der Waals surface area contributed by atoms with Crippen molar-refractivity contribution >= 4 is 5.69 Å². The van der Waals surface area contributed by atoms with Crippen molar-refractivity contribution in [1.29, 1.82) is 0 Å². The Hall–Kier alpha value is -2.01. The third-order valence-electron chi connectivity index (χ3n) is 3.27. The number of aromatic nitrogens is 2. The first kappa shape index (κ1) is 16.4. The van der Waals surface area contributed by atoms with Gasteiger partial charge in [0.1, 0.15) is 11.6 Å². The van der Waals surface area contributed by atoms with E-state index in [1.807, 2.05) is 0 Å². The molecule has 0 amide bonds. The summed E-state index contributed by atoms with van der Waals surface area (Å²) in [5.41, 5.74) is 7.87. The summed E-state index contributed by atoms with van der Waals surface area (Å²) in [6, 6.07) is 6.35. The molecular formula is C17H23FN4. The number of rotatable bonds is 5. The molecule has 0 aliphatic rings. The standard InChI is InChI=1S/C17H23FN4/c1-17(2,3)16-21-11-14(20-10-4-9-19)15(22-16)12-5-7-13(18)8-6-12/h5-8,11,20H,4,9-10,19H2,1-3H3. The minimum absolute atomic E-state index is 0.148. The minimum Gasteiger partial charge on any atom is -0.382 e. The lowest BCUT2D eigenvalue weighted by Crippen LogP contribution is -2.17. The molecule has 1 aromatic heterocycles. The average Bonchev–Trinajstić information content (AvgIpc) is 2.47. The Labute approximate surface area is 131 Å². The van der Waals surface area contributed by atoms with E-state index in [0.717, 1.165) is 35.7 Å². The second kappa shape index (κ2) is 6.83. The van der Waals surface area contributed by atoms with Gasteiger partial charge in [0, 0.05) is 17.5 Å². The Morgan fingerprint density at radius 1 is 1.18 bits per heavy atom. The van der Waals surface area contributed by atoms with Gasteiger partial charge in [-0.15, -0.1) is 0 Å². The molecule has 0 saturated carbocycles. The fourth-order valence-electron chi connectivity index (χ4n) is 2.03. The maximum Gasteiger partial charge on any atom is 0.134 e. The fourth-order valence-corrected chi connectivity index (χ4v) is 2.03. The van der Waals surface area contributed by atoms with Crippen LogP contribution in [0.1, 0.15) is 33.0 Å². The molecule has 118 valence electrons. The Morgan fingerprint density at radius 3 is 2.45 bits per heavy atom. The van der Waals surface area contributed by atoms with Gasteiger partial charge >= 0.3 is 0 Å². The van der Waals surface area contributed by atoms with Gasteiger partial charge in [0.2, 0.25) is 0 Å². The van der Waals surface area contributed by atoms with Gasteiger partial charge in [-0.3, -0.25) is 0 Å². The molecule has 0 unspecified atom stereocenters. The summed E-state index contributed by atoms with van der Waals surface area (Å²) in [5, 5.41) is 3.31. The van der Waals surface area contributed by atoms with Crippen molar-refractivity contribution in [3.8, 4) is 11.3 Å². The molecule has 3 N–H and O–H groups in total. The van der Waals surface area contributed by atoms with Crippen LogP contribution in [0.3, 0.4) is 0 Å². The fraction of sp³-hybridized carbons (Fsp3) is 0.412. The highest BCUT2D eigenvalue weighted by molar-refractivity contribution is 5.73. The third-order valence-corrected chi connectivity index (χ3v) is 3.27. The molecule has 1 aromatic carbocycles. The number of anilines is 1. The largest absolute Gasteiger partial charge is 0.382 e. The van der Waals surface area contributed by atoms with Gasteiger partial charge in [0.25, 0.3) is 0 Å². The molecule has 2 aromatic rings. The van der Waals surface area contributed by atoms with Crippen molar-refractivity contribution in [3.05, 3.63) is 42.1 Å². The van der Waals surface area contributed by atoms with E-state index in [1.54, 1.807) is 18.3 Å². The molecule has 0 fully saturated rings. The summed E-state index contributed by atoms with van der Waals surface area (Å²) in [5.74, 6) is 0.502. The quantitative estimate of drug-likeness (QED) is 0.831. The van der Waals surface area contributed by atoms with E-state index < -0.39 is 0 Å². The Bertz CT molecular complexity index is 618. The maximum atomic E-state index is 13.2. The molecule has 0 saturated heterocycles. The first-order chi connectivity index (χ1) is 10.4. The Morgan fingerprint density at radius 2 is 1.86 bits per heavy atom. The topological polar surface area (TPSA) is 63.8 Å². The first-order valence-corrected chi connectivity index (χ1v) is 7.49. The third kappa shape index (κ3) is 4.01. The number of benzene rings is 1. The van der Waals surface area contributed by atoms with Gasteiger partial charge < -0.3 is 11.1 Å². The first-order valence-electron chi connectivity index (χ1n) is 7.49. The van der Waals surface area contributed by atoms with Crippen molar-refractivity contribution < 1.29 is 4.39 Å². The van der Waals surface area contributed by atoms with E-state index in [9.17, 15) is 4.39 Å². The van der Waals surface area contributed by atoms with Crippen molar-refractivity contribution in [2.75, 3.05) is 18.4 Å². The zero-order valence-electron chi connectivity index (χ0n) is 13.4. The van der Waals surface area contributed by atoms with Gasteiger partial charge in [-0.2, -0.15) is 0 Å². The smallest absolute Gasteiger partial charge is 0.134 e. The van der Waals surface area contributed by atoms with Crippen LogP contribution in [0.4, 0.5) is 10.1 Å². The monoisotopic (exact) mass is 302 g/mol. The number of hydrogen-bond acceptors (Lipinski definition) is 4. The van der Waals surface area contributed by atoms with E-state index in [4.69, 9.17) is 10.7 Å². The number of nitrogens with one attached hydrogen (secondary N) is 1. The SMILES string of the molecule is CC(C)(C)c1ncc(NCCCN)c(-c2ccc(F)cc2)n1. The molecular weight excluding hydrogens is 279 g/mol. The van der Waals surface area contributed by atoms with Crippen molar-refractivity contribution in [2.45, 2.75) is 32.6 Å². The van der Waals surface area contributed by atoms with Gasteiger partial charge in [-0.25, -0.2) is 14.4 Å². The molecule has 0 spiro atoms. The summed E-state index contributed by atoms with van der Waals surface area (Å²) >= 11 is 0. The zero-order valence-corrected chi connectivity index (χ0v) is 13.4. The normalized spacial score (nSPS) is 11.5. The van der Waals surface area contributed by atoms with Crippen LogP contribution in [-0.2, 0) is 5.41 Å². The molecule has 5 heteroatoms. The molecule has 0 radical (unpaired) electrons. The van der Waals surface area contributed by atoms with Crippen LogP contribution < -0.4 is 11.1 Å². The van der Waals surface area contributed by atoms with E-state index in [1.165, 1.54) is 12.1 Å². The Balaban J connectivity index is 2.42. The lowest BCUT2D eigenvalue weighted by Gasteiger charge is -2.19. The lowest BCUT2D eigenvalue weighted by molar-refractivity contribution is 0.546. The van der Waals surface area contributed by atoms with E-state index in [0.29, 0.717) is 6.54 Å². The molecule has 2 rings (SSSR count). The van der Waals surface area contributed by atoms with Crippen LogP contribution in [0.2, 0.25) is 0 Å². The number of nitrogens with zero attached hydrogens (tertiary/aromatic N) is 2. The number of halogens is 1. The predicted molar refractivity (Wildman–Crippen MR) is 88.3 cm³/mol. The summed E-state index contributed by atoms with van der Waals surface area (Å²) < 4.78 is 13.2. The molecule has 0 aliphatic heterocycles. The summed E-state index contributed by atoms with van der Waals surface area (Å²) in [6.45, 7) is 7.58. The van der Waals surface area contributed by atoms with Crippen molar-refractivity contribution in [3.63, 3.8) is 0 Å². The molecule has 0 atom stereocenters. The molecule has 0 bridgehead atoms. The lowest BCUT2D eigenvalue weighted by atomic mass is 9.95. The summed E-state index contributed by atoms with van der Waals surface area (Å²) in [7, 11) is 0. The minimum atomic E-state index is -0.258. The second-order valence-electron chi connectivity index (χ2n) is 6.28. The highest BCUT2D eigenvalue weighted by Crippen LogP contribution is 2.28. The Kier molecular flexibility index (Phi) is 5.08. The van der Waals surface area contributed by atoms with E-state index in [-0.39, 0.29) is 11.2 Å². The number of nitrogens with two attached hydrogens (primary N) is 1. The second-order valence-corrected chi connectivity index (χ2v) is 6.28. The average molecular weight is 302 g/mol. The van der Waals surface area contributed by atoms with Crippen LogP contribution in [0.5, 0.6) is 0 Å². The zero-order chi connectivity index (χ0) is 16.2. The van der Waals surface area contributed by atoms with Gasteiger partial charge in [0.15, 0.2) is 0 Å². The highest BCUT2D eigenvalue weighted by atomic mass is 19.1. The van der Waals surface area contributed by atoms with Crippen LogP contribution in [0.15, 0.2) is 30.5 Å². The van der Waals surface area contributed by atoms with Crippen molar-refractivity contribution in [2.24, 2.45) is 5.73 Å². The number of hydrogen-bond donors (Lipinski definition) is 2. The maximum absolute atomic E-state index is 13.2. The van der Waals surface area contributed by atoms with Crippen LogP contribution in [-0.4, -0.2) is 23.1 Å². The van der Waals surface area contributed by atoms with Crippen molar-refractivity contribution in [1.82, 2.24) is 9.97 Å².